The van der Waals surface area contributed by atoms with Crippen molar-refractivity contribution in [1.29, 1.82) is 0 Å². The molecule has 0 aliphatic heterocycles. The summed E-state index contributed by atoms with van der Waals surface area (Å²) in [5.41, 5.74) is 1.48. The Morgan fingerprint density at radius 1 is 1.33 bits per heavy atom. The topological polar surface area (TPSA) is 57.0 Å². The second-order valence-electron chi connectivity index (χ2n) is 4.53. The number of imidazole rings is 1. The zero-order valence-electron chi connectivity index (χ0n) is 11.5. The van der Waals surface area contributed by atoms with E-state index in [-0.39, 0.29) is 5.56 Å². The van der Waals surface area contributed by atoms with Crippen molar-refractivity contribution in [2.45, 2.75) is 0 Å². The van der Waals surface area contributed by atoms with Crippen molar-refractivity contribution in [3.63, 3.8) is 0 Å². The maximum Gasteiger partial charge on any atom is 0.338 e. The number of fused-ring (bicyclic) bond motifs is 1. The Labute approximate surface area is 120 Å². The summed E-state index contributed by atoms with van der Waals surface area (Å²) in [5.74, 6) is -0.586. The van der Waals surface area contributed by atoms with Crippen LogP contribution < -0.4 is 0 Å². The quantitative estimate of drug-likeness (QED) is 0.679. The van der Waals surface area contributed by atoms with E-state index in [1.165, 1.54) is 13.2 Å². The average Bonchev–Trinajstić information content (AvgIpc) is 2.84. The lowest BCUT2D eigenvalue weighted by Crippen LogP contribution is -2.02. The summed E-state index contributed by atoms with van der Waals surface area (Å²) in [7, 11) is 2.96. The number of carbonyl (C=O) groups is 1. The number of benzene rings is 1. The molecule has 0 saturated carbocycles. The van der Waals surface area contributed by atoms with Gasteiger partial charge in [-0.3, -0.25) is 4.98 Å². The number of hydrogen-bond acceptors (Lipinski definition) is 4. The van der Waals surface area contributed by atoms with E-state index < -0.39 is 11.8 Å². The van der Waals surface area contributed by atoms with E-state index in [1.807, 2.05) is 6.07 Å². The standard InChI is InChI=1S/C15H12FN3O2/c1-19-13-10(16)7-9(15(20)21-2)8-12(13)18-14(19)11-5-3-4-6-17-11/h3-8H,1-2H3. The number of ether oxygens (including phenoxy) is 1. The van der Waals surface area contributed by atoms with Crippen LogP contribution in [0.25, 0.3) is 22.6 Å². The Kier molecular flexibility index (Phi) is 3.13. The van der Waals surface area contributed by atoms with E-state index in [0.717, 1.165) is 6.07 Å². The third-order valence-electron chi connectivity index (χ3n) is 3.24. The number of methoxy groups -OCH3 is 1. The average molecular weight is 285 g/mol. The van der Waals surface area contributed by atoms with Crippen molar-refractivity contribution >= 4 is 17.0 Å². The lowest BCUT2D eigenvalue weighted by Gasteiger charge is -2.03. The van der Waals surface area contributed by atoms with Gasteiger partial charge in [0.15, 0.2) is 5.82 Å². The fourth-order valence-electron chi connectivity index (χ4n) is 2.26. The minimum absolute atomic E-state index is 0.133. The minimum atomic E-state index is -0.596. The number of esters is 1. The molecule has 0 N–H and O–H groups in total. The van der Waals surface area contributed by atoms with Crippen LogP contribution in [0.15, 0.2) is 36.5 Å². The molecule has 0 aliphatic rings. The number of halogens is 1. The molecule has 0 radical (unpaired) electrons. The maximum absolute atomic E-state index is 14.2. The number of hydrogen-bond donors (Lipinski definition) is 0. The molecule has 21 heavy (non-hydrogen) atoms. The monoisotopic (exact) mass is 285 g/mol. The summed E-state index contributed by atoms with van der Waals surface area (Å²) in [4.78, 5) is 20.1. The van der Waals surface area contributed by atoms with E-state index in [0.29, 0.717) is 22.6 Å². The Morgan fingerprint density at radius 2 is 2.14 bits per heavy atom. The highest BCUT2D eigenvalue weighted by molar-refractivity contribution is 5.94. The van der Waals surface area contributed by atoms with Crippen LogP contribution in [0.3, 0.4) is 0 Å². The molecule has 106 valence electrons. The van der Waals surface area contributed by atoms with Crippen molar-refractivity contribution in [2.24, 2.45) is 7.05 Å². The molecule has 3 rings (SSSR count). The molecule has 2 aromatic heterocycles. The Balaban J connectivity index is 2.25. The molecule has 6 heteroatoms. The molecule has 0 fully saturated rings. The first kappa shape index (κ1) is 13.2. The molecule has 2 heterocycles. The van der Waals surface area contributed by atoms with Gasteiger partial charge in [-0.05, 0) is 24.3 Å². The highest BCUT2D eigenvalue weighted by atomic mass is 19.1. The Hall–Kier alpha value is -2.76. The van der Waals surface area contributed by atoms with Crippen molar-refractivity contribution in [3.8, 4) is 11.5 Å². The zero-order valence-corrected chi connectivity index (χ0v) is 11.5. The summed E-state index contributed by atoms with van der Waals surface area (Å²) in [6, 6.07) is 8.08. The van der Waals surface area contributed by atoms with Gasteiger partial charge in [0, 0.05) is 13.2 Å². The SMILES string of the molecule is COC(=O)c1cc(F)c2c(c1)nc(-c1ccccn1)n2C. The molecular weight excluding hydrogens is 273 g/mol. The van der Waals surface area contributed by atoms with Gasteiger partial charge < -0.3 is 9.30 Å². The fourth-order valence-corrected chi connectivity index (χ4v) is 2.26. The fraction of sp³-hybridized carbons (Fsp3) is 0.133. The van der Waals surface area contributed by atoms with Gasteiger partial charge in [0.25, 0.3) is 0 Å². The van der Waals surface area contributed by atoms with Crippen molar-refractivity contribution < 1.29 is 13.9 Å². The number of rotatable bonds is 2. The van der Waals surface area contributed by atoms with Crippen LogP contribution >= 0.6 is 0 Å². The summed E-state index contributed by atoms with van der Waals surface area (Å²) in [5, 5.41) is 0. The molecule has 0 unspecified atom stereocenters. The first-order valence-electron chi connectivity index (χ1n) is 6.27. The summed E-state index contributed by atoms with van der Waals surface area (Å²) < 4.78 is 20.5. The molecule has 5 nitrogen and oxygen atoms in total. The first-order valence-corrected chi connectivity index (χ1v) is 6.27. The van der Waals surface area contributed by atoms with Crippen LogP contribution in [0.1, 0.15) is 10.4 Å². The molecule has 0 aliphatic carbocycles. The van der Waals surface area contributed by atoms with Crippen molar-refractivity contribution in [1.82, 2.24) is 14.5 Å². The second kappa shape index (κ2) is 4.97. The molecule has 0 spiro atoms. The van der Waals surface area contributed by atoms with Crippen LogP contribution in [0.5, 0.6) is 0 Å². The lowest BCUT2D eigenvalue weighted by atomic mass is 10.2. The summed E-state index contributed by atoms with van der Waals surface area (Å²) in [6.45, 7) is 0. The Morgan fingerprint density at radius 3 is 2.81 bits per heavy atom. The zero-order chi connectivity index (χ0) is 15.0. The largest absolute Gasteiger partial charge is 0.465 e. The molecule has 0 bridgehead atoms. The smallest absolute Gasteiger partial charge is 0.338 e. The van der Waals surface area contributed by atoms with E-state index in [1.54, 1.807) is 29.9 Å². The highest BCUT2D eigenvalue weighted by Gasteiger charge is 2.17. The third-order valence-corrected chi connectivity index (χ3v) is 3.24. The van der Waals surface area contributed by atoms with Crippen LogP contribution in [0.4, 0.5) is 4.39 Å². The molecule has 0 saturated heterocycles. The molecule has 1 aromatic carbocycles. The molecule has 0 amide bonds. The first-order chi connectivity index (χ1) is 10.1. The third kappa shape index (κ3) is 2.14. The predicted octanol–water partition coefficient (Wildman–Crippen LogP) is 2.56. The normalized spacial score (nSPS) is 10.8. The van der Waals surface area contributed by atoms with Crippen molar-refractivity contribution in [2.75, 3.05) is 7.11 Å². The van der Waals surface area contributed by atoms with Gasteiger partial charge >= 0.3 is 5.97 Å². The van der Waals surface area contributed by atoms with Gasteiger partial charge in [0.05, 0.1) is 18.2 Å². The van der Waals surface area contributed by atoms with Gasteiger partial charge in [0.2, 0.25) is 0 Å². The number of pyridine rings is 1. The number of carbonyl (C=O) groups excluding carboxylic acids is 1. The van der Waals surface area contributed by atoms with Gasteiger partial charge in [0.1, 0.15) is 17.0 Å². The van der Waals surface area contributed by atoms with Crippen LogP contribution in [0.2, 0.25) is 0 Å². The van der Waals surface area contributed by atoms with Gasteiger partial charge in [-0.2, -0.15) is 0 Å². The molecular formula is C15H12FN3O2. The number of nitrogens with zero attached hydrogens (tertiary/aromatic N) is 3. The van der Waals surface area contributed by atoms with Crippen LogP contribution in [0, 0.1) is 5.82 Å². The minimum Gasteiger partial charge on any atom is -0.465 e. The van der Waals surface area contributed by atoms with E-state index in [4.69, 9.17) is 0 Å². The van der Waals surface area contributed by atoms with Gasteiger partial charge in [-0.25, -0.2) is 14.2 Å². The lowest BCUT2D eigenvalue weighted by molar-refractivity contribution is 0.0600. The summed E-state index contributed by atoms with van der Waals surface area (Å²) in [6.07, 6.45) is 1.64. The van der Waals surface area contributed by atoms with Crippen LogP contribution in [-0.4, -0.2) is 27.6 Å². The van der Waals surface area contributed by atoms with E-state index >= 15 is 0 Å². The number of aryl methyl sites for hydroxylation is 1. The molecule has 3 aromatic rings. The maximum atomic E-state index is 14.2. The van der Waals surface area contributed by atoms with Crippen molar-refractivity contribution in [3.05, 3.63) is 47.9 Å². The highest BCUT2D eigenvalue weighted by Crippen LogP contribution is 2.25. The molecule has 0 atom stereocenters. The Bertz CT molecular complexity index is 828. The summed E-state index contributed by atoms with van der Waals surface area (Å²) >= 11 is 0. The number of aromatic nitrogens is 3. The predicted molar refractivity (Wildman–Crippen MR) is 75.2 cm³/mol. The van der Waals surface area contributed by atoms with Gasteiger partial charge in [-0.15, -0.1) is 0 Å². The van der Waals surface area contributed by atoms with Gasteiger partial charge in [-0.1, -0.05) is 6.07 Å². The second-order valence-corrected chi connectivity index (χ2v) is 4.53. The van der Waals surface area contributed by atoms with E-state index in [9.17, 15) is 9.18 Å². The van der Waals surface area contributed by atoms with Crippen LogP contribution in [-0.2, 0) is 11.8 Å². The van der Waals surface area contributed by atoms with E-state index in [2.05, 4.69) is 14.7 Å².